The zero-order valence-electron chi connectivity index (χ0n) is 17.1. The van der Waals surface area contributed by atoms with E-state index in [-0.39, 0.29) is 23.8 Å². The Balaban J connectivity index is 1.41. The highest BCUT2D eigenvalue weighted by Crippen LogP contribution is 2.48. The lowest BCUT2D eigenvalue weighted by Crippen LogP contribution is -2.22. The molecule has 6 rings (SSSR count). The number of halogens is 1. The first-order valence-electron chi connectivity index (χ1n) is 10.6. The average Bonchev–Trinajstić information content (AvgIpc) is 3.66. The number of rotatable bonds is 6. The maximum Gasteiger partial charge on any atom is 0.254 e. The minimum Gasteiger partial charge on any atom is -0.351 e. The fourth-order valence-corrected chi connectivity index (χ4v) is 4.17. The molecule has 1 saturated heterocycles. The number of nitrogens with zero attached hydrogens (tertiary/aromatic N) is 4. The topological polar surface area (TPSA) is 113 Å². The molecule has 2 aromatic heterocycles. The summed E-state index contributed by atoms with van der Waals surface area (Å²) in [6.07, 6.45) is 7.43. The predicted octanol–water partition coefficient (Wildman–Crippen LogP) is 2.88. The minimum absolute atomic E-state index is 0.0530. The second-order valence-electron chi connectivity index (χ2n) is 8.57. The highest BCUT2D eigenvalue weighted by Gasteiger charge is 2.45. The largest absolute Gasteiger partial charge is 0.351 e. The summed E-state index contributed by atoms with van der Waals surface area (Å²) in [7, 11) is 0. The molecule has 3 aromatic rings. The van der Waals surface area contributed by atoms with E-state index in [0.717, 1.165) is 31.2 Å². The SMILES string of the molecule is O=C1C/C(=C\c2cnn3c(NC4CC4)nc(NC4(c5cccc(Cl)c5)CC4)nc23)C(=O)N1. The van der Waals surface area contributed by atoms with Gasteiger partial charge in [0, 0.05) is 22.2 Å². The van der Waals surface area contributed by atoms with Gasteiger partial charge in [-0.1, -0.05) is 23.7 Å². The second-order valence-corrected chi connectivity index (χ2v) is 9.00. The third kappa shape index (κ3) is 3.48. The number of fused-ring (bicyclic) bond motifs is 1. The molecule has 0 spiro atoms. The highest BCUT2D eigenvalue weighted by molar-refractivity contribution is 6.30. The Labute approximate surface area is 188 Å². The van der Waals surface area contributed by atoms with Crippen molar-refractivity contribution in [2.45, 2.75) is 43.7 Å². The van der Waals surface area contributed by atoms with Gasteiger partial charge in [-0.05, 0) is 49.5 Å². The van der Waals surface area contributed by atoms with E-state index in [4.69, 9.17) is 21.6 Å². The van der Waals surface area contributed by atoms with Crippen LogP contribution >= 0.6 is 11.6 Å². The summed E-state index contributed by atoms with van der Waals surface area (Å²) in [6, 6.07) is 8.19. The van der Waals surface area contributed by atoms with Gasteiger partial charge in [0.25, 0.3) is 5.91 Å². The van der Waals surface area contributed by atoms with E-state index in [9.17, 15) is 9.59 Å². The van der Waals surface area contributed by atoms with E-state index in [2.05, 4.69) is 27.1 Å². The number of nitrogens with one attached hydrogen (secondary N) is 3. The number of hydrogen-bond donors (Lipinski definition) is 3. The lowest BCUT2D eigenvalue weighted by atomic mass is 10.1. The van der Waals surface area contributed by atoms with Crippen LogP contribution in [-0.2, 0) is 15.1 Å². The maximum atomic E-state index is 12.0. The van der Waals surface area contributed by atoms with Crippen LogP contribution in [0.15, 0.2) is 36.0 Å². The van der Waals surface area contributed by atoms with Gasteiger partial charge in [-0.15, -0.1) is 0 Å². The van der Waals surface area contributed by atoms with Gasteiger partial charge < -0.3 is 10.6 Å². The molecule has 32 heavy (non-hydrogen) atoms. The monoisotopic (exact) mass is 449 g/mol. The fourth-order valence-electron chi connectivity index (χ4n) is 3.98. The lowest BCUT2D eigenvalue weighted by molar-refractivity contribution is -0.124. The van der Waals surface area contributed by atoms with Crippen molar-refractivity contribution in [2.75, 3.05) is 10.6 Å². The number of imide groups is 1. The Kier molecular flexibility index (Phi) is 4.23. The van der Waals surface area contributed by atoms with Gasteiger partial charge in [-0.25, -0.2) is 0 Å². The van der Waals surface area contributed by atoms with Crippen LogP contribution in [-0.4, -0.2) is 37.4 Å². The highest BCUT2D eigenvalue weighted by atomic mass is 35.5. The molecule has 0 bridgehead atoms. The number of amides is 2. The Hall–Kier alpha value is -3.46. The molecule has 162 valence electrons. The zero-order valence-corrected chi connectivity index (χ0v) is 17.8. The molecule has 2 amide bonds. The minimum atomic E-state index is -0.379. The van der Waals surface area contributed by atoms with Crippen LogP contribution in [0.25, 0.3) is 11.7 Å². The first kappa shape index (κ1) is 19.2. The Morgan fingerprint density at radius 3 is 2.75 bits per heavy atom. The van der Waals surface area contributed by atoms with Crippen molar-refractivity contribution in [3.63, 3.8) is 0 Å². The number of hydrogen-bond acceptors (Lipinski definition) is 7. The van der Waals surface area contributed by atoms with Gasteiger partial charge in [0.2, 0.25) is 17.8 Å². The number of anilines is 2. The molecule has 3 heterocycles. The smallest absolute Gasteiger partial charge is 0.254 e. The summed E-state index contributed by atoms with van der Waals surface area (Å²) in [4.78, 5) is 33.0. The van der Waals surface area contributed by atoms with Crippen LogP contribution in [0.5, 0.6) is 0 Å². The van der Waals surface area contributed by atoms with Gasteiger partial charge in [-0.2, -0.15) is 19.6 Å². The Morgan fingerprint density at radius 2 is 2.06 bits per heavy atom. The van der Waals surface area contributed by atoms with E-state index >= 15 is 0 Å². The molecule has 3 N–H and O–H groups in total. The van der Waals surface area contributed by atoms with Crippen molar-refractivity contribution in [1.82, 2.24) is 24.9 Å². The van der Waals surface area contributed by atoms with Gasteiger partial charge in [0.1, 0.15) is 0 Å². The third-order valence-corrected chi connectivity index (χ3v) is 6.24. The lowest BCUT2D eigenvalue weighted by Gasteiger charge is -2.19. The van der Waals surface area contributed by atoms with Crippen molar-refractivity contribution in [2.24, 2.45) is 0 Å². The molecule has 1 aromatic carbocycles. The molecule has 10 heteroatoms. The number of aromatic nitrogens is 4. The molecule has 1 aliphatic heterocycles. The first-order valence-corrected chi connectivity index (χ1v) is 11.0. The third-order valence-electron chi connectivity index (χ3n) is 6.01. The van der Waals surface area contributed by atoms with E-state index in [0.29, 0.717) is 39.7 Å². The van der Waals surface area contributed by atoms with Crippen molar-refractivity contribution < 1.29 is 9.59 Å². The van der Waals surface area contributed by atoms with E-state index in [1.807, 2.05) is 18.2 Å². The van der Waals surface area contributed by atoms with Crippen molar-refractivity contribution >= 4 is 47.0 Å². The molecule has 0 unspecified atom stereocenters. The van der Waals surface area contributed by atoms with Crippen LogP contribution in [0.1, 0.15) is 43.2 Å². The molecule has 9 nitrogen and oxygen atoms in total. The van der Waals surface area contributed by atoms with Crippen molar-refractivity contribution in [3.8, 4) is 0 Å². The van der Waals surface area contributed by atoms with Crippen molar-refractivity contribution in [3.05, 3.63) is 52.2 Å². The van der Waals surface area contributed by atoms with Crippen LogP contribution in [0, 0.1) is 0 Å². The summed E-state index contributed by atoms with van der Waals surface area (Å²) in [5, 5.41) is 14.3. The summed E-state index contributed by atoms with van der Waals surface area (Å²) >= 11 is 6.21. The fraction of sp³-hybridized carbons (Fsp3) is 0.318. The average molecular weight is 450 g/mol. The van der Waals surface area contributed by atoms with Crippen LogP contribution in [0.3, 0.4) is 0 Å². The summed E-state index contributed by atoms with van der Waals surface area (Å²) in [5.41, 5.74) is 2.46. The molecule has 3 fully saturated rings. The molecule has 2 saturated carbocycles. The summed E-state index contributed by atoms with van der Waals surface area (Å²) in [5.74, 6) is 0.391. The summed E-state index contributed by atoms with van der Waals surface area (Å²) in [6.45, 7) is 0. The molecular weight excluding hydrogens is 430 g/mol. The van der Waals surface area contributed by atoms with Gasteiger partial charge in [-0.3, -0.25) is 14.9 Å². The number of carbonyl (C=O) groups is 2. The second kappa shape index (κ2) is 7.03. The first-order chi connectivity index (χ1) is 15.5. The Morgan fingerprint density at radius 1 is 1.22 bits per heavy atom. The van der Waals surface area contributed by atoms with Crippen LogP contribution in [0.2, 0.25) is 5.02 Å². The zero-order chi connectivity index (χ0) is 21.9. The molecular formula is C22H20ClN7O2. The van der Waals surface area contributed by atoms with Gasteiger partial charge >= 0.3 is 0 Å². The molecule has 3 aliphatic rings. The van der Waals surface area contributed by atoms with Gasteiger partial charge in [0.15, 0.2) is 5.65 Å². The number of carbonyl (C=O) groups excluding carboxylic acids is 2. The van der Waals surface area contributed by atoms with Crippen molar-refractivity contribution in [1.29, 1.82) is 0 Å². The Bertz CT molecular complexity index is 1310. The molecule has 0 atom stereocenters. The molecule has 0 radical (unpaired) electrons. The van der Waals surface area contributed by atoms with Gasteiger partial charge in [0.05, 0.1) is 18.2 Å². The number of benzene rings is 1. The molecule has 2 aliphatic carbocycles. The van der Waals surface area contributed by atoms with Crippen LogP contribution in [0.4, 0.5) is 11.9 Å². The van der Waals surface area contributed by atoms with E-state index < -0.39 is 0 Å². The van der Waals surface area contributed by atoms with E-state index in [1.54, 1.807) is 16.8 Å². The standard InChI is InChI=1S/C22H20ClN7O2/c23-15-3-1-2-14(10-15)22(6-7-22)29-20-27-18-13(8-12-9-17(31)26-19(12)32)11-24-30(18)21(28-20)25-16-4-5-16/h1-3,8,10-11,16H,4-7,9H2,(H,26,31,32)(H2,25,27,28,29)/b12-8+. The normalized spacial score (nSPS) is 20.6. The van der Waals surface area contributed by atoms with Crippen LogP contribution < -0.4 is 16.0 Å². The predicted molar refractivity (Wildman–Crippen MR) is 119 cm³/mol. The maximum absolute atomic E-state index is 12.0. The quantitative estimate of drug-likeness (QED) is 0.391. The van der Waals surface area contributed by atoms with E-state index in [1.165, 1.54) is 0 Å². The summed E-state index contributed by atoms with van der Waals surface area (Å²) < 4.78 is 1.64.